The standard InChI is InChI=1S/C23H27N3O5S/c1-27-17-9-7-15(8-10-17)18-6-5-11-25(18)14-26-23(32)31-22(24-26)16-12-19(28-2)21(30-4)20(13-16)29-3/h7-10,12-13,18H,5-6,11,14H2,1-4H3. The molecule has 1 aromatic heterocycles. The molecule has 0 aliphatic carbocycles. The molecule has 1 atom stereocenters. The lowest BCUT2D eigenvalue weighted by molar-refractivity contribution is 0.187. The first-order chi connectivity index (χ1) is 15.6. The van der Waals surface area contributed by atoms with Gasteiger partial charge in [-0.1, -0.05) is 12.1 Å². The number of ether oxygens (including phenoxy) is 4. The molecular formula is C23H27N3O5S. The van der Waals surface area contributed by atoms with E-state index >= 15 is 0 Å². The van der Waals surface area contributed by atoms with E-state index in [1.54, 1.807) is 45.3 Å². The van der Waals surface area contributed by atoms with E-state index in [9.17, 15) is 0 Å². The Morgan fingerprint density at radius 3 is 2.28 bits per heavy atom. The monoisotopic (exact) mass is 457 g/mol. The Hall–Kier alpha value is -3.04. The molecule has 0 saturated carbocycles. The number of hydrogen-bond donors (Lipinski definition) is 0. The summed E-state index contributed by atoms with van der Waals surface area (Å²) in [6, 6.07) is 12.1. The predicted octanol–water partition coefficient (Wildman–Crippen LogP) is 4.70. The average molecular weight is 458 g/mol. The first-order valence-corrected chi connectivity index (χ1v) is 10.7. The molecule has 4 rings (SSSR count). The predicted molar refractivity (Wildman–Crippen MR) is 122 cm³/mol. The fraction of sp³-hybridized carbons (Fsp3) is 0.391. The molecule has 1 aliphatic rings. The number of rotatable bonds is 8. The molecule has 3 aromatic rings. The number of methoxy groups -OCH3 is 4. The van der Waals surface area contributed by atoms with Crippen LogP contribution in [0.3, 0.4) is 0 Å². The lowest BCUT2D eigenvalue weighted by Gasteiger charge is -2.24. The topological polar surface area (TPSA) is 71.1 Å². The molecule has 1 fully saturated rings. The van der Waals surface area contributed by atoms with Crippen molar-refractivity contribution < 1.29 is 23.4 Å². The minimum Gasteiger partial charge on any atom is -0.497 e. The molecular weight excluding hydrogens is 430 g/mol. The molecule has 0 bridgehead atoms. The zero-order valence-electron chi connectivity index (χ0n) is 18.7. The normalized spacial score (nSPS) is 16.2. The van der Waals surface area contributed by atoms with Crippen LogP contribution in [0.2, 0.25) is 0 Å². The molecule has 0 spiro atoms. The molecule has 0 radical (unpaired) electrons. The fourth-order valence-electron chi connectivity index (χ4n) is 4.09. The minimum absolute atomic E-state index is 0.295. The van der Waals surface area contributed by atoms with Gasteiger partial charge in [-0.15, -0.1) is 5.10 Å². The molecule has 32 heavy (non-hydrogen) atoms. The number of nitrogens with zero attached hydrogens (tertiary/aromatic N) is 3. The van der Waals surface area contributed by atoms with Gasteiger partial charge in [-0.25, -0.2) is 4.68 Å². The number of likely N-dealkylation sites (tertiary alicyclic amines) is 1. The second-order valence-electron chi connectivity index (χ2n) is 7.47. The molecule has 8 nitrogen and oxygen atoms in total. The van der Waals surface area contributed by atoms with Gasteiger partial charge in [-0.3, -0.25) is 4.90 Å². The highest BCUT2D eigenvalue weighted by Gasteiger charge is 2.27. The van der Waals surface area contributed by atoms with Gasteiger partial charge in [0, 0.05) is 18.2 Å². The largest absolute Gasteiger partial charge is 0.497 e. The maximum Gasteiger partial charge on any atom is 0.288 e. The highest BCUT2D eigenvalue weighted by molar-refractivity contribution is 7.71. The molecule has 2 heterocycles. The van der Waals surface area contributed by atoms with E-state index in [1.807, 2.05) is 12.1 Å². The van der Waals surface area contributed by atoms with Gasteiger partial charge in [0.15, 0.2) is 11.5 Å². The Bertz CT molecular complexity index is 1100. The van der Waals surface area contributed by atoms with Crippen molar-refractivity contribution in [3.8, 4) is 34.5 Å². The third-order valence-electron chi connectivity index (χ3n) is 5.70. The van der Waals surface area contributed by atoms with Crippen LogP contribution in [0.15, 0.2) is 40.8 Å². The molecule has 170 valence electrons. The van der Waals surface area contributed by atoms with E-state index < -0.39 is 0 Å². The highest BCUT2D eigenvalue weighted by atomic mass is 32.1. The van der Waals surface area contributed by atoms with Crippen LogP contribution < -0.4 is 18.9 Å². The maximum atomic E-state index is 5.83. The summed E-state index contributed by atoms with van der Waals surface area (Å²) >= 11 is 5.47. The van der Waals surface area contributed by atoms with Gasteiger partial charge in [0.05, 0.1) is 35.1 Å². The van der Waals surface area contributed by atoms with Crippen LogP contribution in [-0.4, -0.2) is 49.7 Å². The third-order valence-corrected chi connectivity index (χ3v) is 5.99. The van der Waals surface area contributed by atoms with Crippen molar-refractivity contribution in [2.45, 2.75) is 25.6 Å². The first-order valence-electron chi connectivity index (χ1n) is 10.3. The van der Waals surface area contributed by atoms with Crippen LogP contribution >= 0.6 is 12.2 Å². The average Bonchev–Trinajstić information content (AvgIpc) is 3.44. The van der Waals surface area contributed by atoms with E-state index in [1.165, 1.54) is 5.56 Å². The summed E-state index contributed by atoms with van der Waals surface area (Å²) in [6.07, 6.45) is 2.19. The summed E-state index contributed by atoms with van der Waals surface area (Å²) in [5, 5.41) is 4.64. The second kappa shape index (κ2) is 9.62. The summed E-state index contributed by atoms with van der Waals surface area (Å²) < 4.78 is 29.1. The van der Waals surface area contributed by atoms with Crippen molar-refractivity contribution in [1.29, 1.82) is 0 Å². The van der Waals surface area contributed by atoms with Crippen molar-refractivity contribution in [3.63, 3.8) is 0 Å². The second-order valence-corrected chi connectivity index (χ2v) is 7.82. The zero-order chi connectivity index (χ0) is 22.7. The molecule has 2 aromatic carbocycles. The van der Waals surface area contributed by atoms with Crippen molar-refractivity contribution in [2.75, 3.05) is 35.0 Å². The van der Waals surface area contributed by atoms with Crippen molar-refractivity contribution in [2.24, 2.45) is 0 Å². The van der Waals surface area contributed by atoms with Crippen LogP contribution in [0.1, 0.15) is 24.4 Å². The van der Waals surface area contributed by atoms with Gasteiger partial charge in [-0.2, -0.15) is 0 Å². The Morgan fingerprint density at radius 1 is 1.00 bits per heavy atom. The quantitative estimate of drug-likeness (QED) is 0.451. The Balaban J connectivity index is 1.59. The molecule has 9 heteroatoms. The summed E-state index contributed by atoms with van der Waals surface area (Å²) in [4.78, 5) is 2.67. The van der Waals surface area contributed by atoms with E-state index in [2.05, 4.69) is 22.1 Å². The van der Waals surface area contributed by atoms with Crippen molar-refractivity contribution in [1.82, 2.24) is 14.7 Å². The van der Waals surface area contributed by atoms with Crippen LogP contribution in [0.4, 0.5) is 0 Å². The van der Waals surface area contributed by atoms with E-state index in [0.29, 0.717) is 46.3 Å². The van der Waals surface area contributed by atoms with Crippen LogP contribution in [-0.2, 0) is 6.67 Å². The smallest absolute Gasteiger partial charge is 0.288 e. The Morgan fingerprint density at radius 2 is 1.69 bits per heavy atom. The van der Waals surface area contributed by atoms with Crippen LogP contribution in [0.25, 0.3) is 11.5 Å². The molecule has 1 unspecified atom stereocenters. The van der Waals surface area contributed by atoms with Gasteiger partial charge in [0.2, 0.25) is 11.6 Å². The van der Waals surface area contributed by atoms with Crippen LogP contribution in [0, 0.1) is 4.84 Å². The fourth-order valence-corrected chi connectivity index (χ4v) is 4.27. The van der Waals surface area contributed by atoms with Gasteiger partial charge in [0.1, 0.15) is 5.75 Å². The van der Waals surface area contributed by atoms with Crippen molar-refractivity contribution >= 4 is 12.2 Å². The van der Waals surface area contributed by atoms with Gasteiger partial charge >= 0.3 is 0 Å². The number of benzene rings is 2. The van der Waals surface area contributed by atoms with E-state index in [4.69, 9.17) is 35.6 Å². The lowest BCUT2D eigenvalue weighted by atomic mass is 10.0. The first kappa shape index (κ1) is 22.2. The molecule has 1 saturated heterocycles. The van der Waals surface area contributed by atoms with E-state index in [-0.39, 0.29) is 0 Å². The third kappa shape index (κ3) is 4.31. The van der Waals surface area contributed by atoms with E-state index in [0.717, 1.165) is 25.1 Å². The minimum atomic E-state index is 0.295. The SMILES string of the molecule is COc1ccc(C2CCCN2Cn2nc(-c3cc(OC)c(OC)c(OC)c3)oc2=S)cc1. The maximum absolute atomic E-state index is 5.83. The van der Waals surface area contributed by atoms with Gasteiger partial charge < -0.3 is 23.4 Å². The molecule has 1 aliphatic heterocycles. The highest BCUT2D eigenvalue weighted by Crippen LogP contribution is 2.41. The van der Waals surface area contributed by atoms with Crippen LogP contribution in [0.5, 0.6) is 23.0 Å². The summed E-state index contributed by atoms with van der Waals surface area (Å²) in [5.41, 5.74) is 1.95. The number of hydrogen-bond acceptors (Lipinski definition) is 8. The number of aromatic nitrogens is 2. The van der Waals surface area contributed by atoms with Crippen molar-refractivity contribution in [3.05, 3.63) is 46.8 Å². The summed E-state index contributed by atoms with van der Waals surface area (Å²) in [5.74, 6) is 2.81. The van der Waals surface area contributed by atoms with Gasteiger partial charge in [-0.05, 0) is 54.9 Å². The summed E-state index contributed by atoms with van der Waals surface area (Å²) in [7, 11) is 6.38. The zero-order valence-corrected chi connectivity index (χ0v) is 19.5. The summed E-state index contributed by atoms with van der Waals surface area (Å²) in [6.45, 7) is 1.51. The molecule has 0 N–H and O–H groups in total. The molecule has 0 amide bonds. The Labute approximate surface area is 192 Å². The lowest BCUT2D eigenvalue weighted by Crippen LogP contribution is -2.26. The Kier molecular flexibility index (Phi) is 6.66. The van der Waals surface area contributed by atoms with Gasteiger partial charge in [0.25, 0.3) is 4.84 Å².